The fourth-order valence-corrected chi connectivity index (χ4v) is 13.1. The molecular weight excluding hydrogens is 1950 g/mol. The number of hydrogen-bond acceptors (Lipinski definition) is 9. The standard InChI is InChI=1S/C12H16N4O3.2C8H9ClO.2C8H9Cl.C8H10O.C8H10.3C7H6Cl2.2C7H7Cl.C7H8.12CH4/c1-6-3-16(11-9(6)10(13)14-5-15-11)12-8(18)2-7(4-17)19-12;1-6-3-4-8(10-2)7(9)5-6;1-6-3-4-7(9)8(5-6)10-2;1-6-3-4-8(9)7(2)5-6;1-6-3-4-7(2)8(9)5-6;1-7-3-5-8(9-2)6-4-7;1-7-3-5-8(2)6-4-7;1-5-2-6(8)4-7(9)3-5;1-5-2-3-6(8)4-7(5)9;1-5-2-3-6(8)7(9)4-5;1-6-2-4-7(8)5-3-6;1-6-3-2-4-7(8)5-6;1-7-5-3-2-4-6-7;;;;;;;;;;;;/h3,5,7-8,12,17-18H,2,4H2,1H3,(H2,13,14,15);2*3-5H,1-2H3;2*3-5H,1-2H3;3-6H,1-2H3;3-6H,1-2H3;3*2-4H,1H3;2*2-5H,1H3;2-6H,1H3;12*1H4/t7-,8+,12+;;;;;;;;;;;;;;;;;;;;;;;;/m0......................../s1. The Kier molecular flexibility index (Phi) is 87.8. The number of halogens is 12. The number of anilines is 1. The summed E-state index contributed by atoms with van der Waals surface area (Å²) in [5, 5.41) is 28.6. The number of nitrogen functional groups attached to an aromatic ring is 1. The summed E-state index contributed by atoms with van der Waals surface area (Å²) in [6.45, 7) is 32.2. The summed E-state index contributed by atoms with van der Waals surface area (Å²) in [5.41, 5.74) is 25.4. The minimum absolute atomic E-state index is 0. The molecule has 0 spiro atoms. The van der Waals surface area contributed by atoms with E-state index in [9.17, 15) is 5.11 Å². The van der Waals surface area contributed by atoms with Crippen LogP contribution in [-0.4, -0.2) is 64.9 Å². The molecule has 14 aromatic rings. The van der Waals surface area contributed by atoms with E-state index in [2.05, 4.69) is 93.1 Å². The van der Waals surface area contributed by atoms with E-state index in [1.807, 2.05) is 270 Å². The van der Waals surface area contributed by atoms with E-state index < -0.39 is 12.3 Å². The number of rotatable bonds is 5. The van der Waals surface area contributed by atoms with Crippen molar-refractivity contribution in [1.29, 1.82) is 0 Å². The van der Waals surface area contributed by atoms with Crippen LogP contribution in [0.4, 0.5) is 5.82 Å². The predicted octanol–water partition coefficient (Wildman–Crippen LogP) is 40.3. The second kappa shape index (κ2) is 80.6. The van der Waals surface area contributed by atoms with Gasteiger partial charge < -0.3 is 39.5 Å². The molecule has 756 valence electrons. The summed E-state index contributed by atoms with van der Waals surface area (Å²) in [6.07, 6.45) is 2.05. The number of aliphatic hydroxyl groups excluding tert-OH is 2. The van der Waals surface area contributed by atoms with Gasteiger partial charge in [-0.15, -0.1) is 0 Å². The maximum Gasteiger partial charge on any atom is 0.161 e. The highest BCUT2D eigenvalue weighted by atomic mass is 35.5. The van der Waals surface area contributed by atoms with Crippen molar-refractivity contribution in [3.05, 3.63) is 417 Å². The van der Waals surface area contributed by atoms with Crippen LogP contribution in [0.1, 0.15) is 191 Å². The lowest BCUT2D eigenvalue weighted by atomic mass is 10.2. The minimum atomic E-state index is -0.677. The second-order valence-corrected chi connectivity index (χ2v) is 33.8. The number of nitrogens with zero attached hydrogens (tertiary/aromatic N) is 3. The van der Waals surface area contributed by atoms with E-state index in [4.69, 9.17) is 169 Å². The third-order valence-electron chi connectivity index (χ3n) is 17.3. The molecule has 0 amide bonds. The molecule has 1 saturated heterocycles. The molecule has 15 rings (SSSR count). The molecule has 10 nitrogen and oxygen atoms in total. The minimum Gasteiger partial charge on any atom is -0.497 e. The molecule has 0 unspecified atom stereocenters. The zero-order valence-corrected chi connectivity index (χ0v) is 82.6. The molecule has 1 aliphatic heterocycles. The van der Waals surface area contributed by atoms with E-state index in [1.54, 1.807) is 44.1 Å². The summed E-state index contributed by atoms with van der Waals surface area (Å²) in [6, 6.07) is 82.1. The first kappa shape index (κ1) is 148. The summed E-state index contributed by atoms with van der Waals surface area (Å²) in [5.74, 6) is 2.79. The quantitative estimate of drug-likeness (QED) is 0.154. The molecule has 0 radical (unpaired) electrons. The first-order valence-corrected chi connectivity index (χ1v) is 43.6. The van der Waals surface area contributed by atoms with Gasteiger partial charge in [-0.3, -0.25) is 0 Å². The summed E-state index contributed by atoms with van der Waals surface area (Å²) in [4.78, 5) is 8.18. The first-order chi connectivity index (χ1) is 58.6. The van der Waals surface area contributed by atoms with Gasteiger partial charge in [0.25, 0.3) is 0 Å². The lowest BCUT2D eigenvalue weighted by Gasteiger charge is -2.17. The largest absolute Gasteiger partial charge is 0.497 e. The van der Waals surface area contributed by atoms with Crippen LogP contribution in [-0.2, 0) is 4.74 Å². The van der Waals surface area contributed by atoms with Gasteiger partial charge in [-0.05, 0) is 282 Å². The van der Waals surface area contributed by atoms with Crippen LogP contribution >= 0.6 is 139 Å². The maximum atomic E-state index is 10.1. The van der Waals surface area contributed by atoms with Crippen LogP contribution in [0.2, 0.25) is 60.3 Å². The highest BCUT2D eigenvalue weighted by Crippen LogP contribution is 2.35. The zero-order valence-electron chi connectivity index (χ0n) is 73.5. The third-order valence-corrected chi connectivity index (χ3v) is 21.1. The van der Waals surface area contributed by atoms with Crippen molar-refractivity contribution in [2.75, 3.05) is 33.7 Å². The maximum absolute atomic E-state index is 10.1. The molecule has 3 atom stereocenters. The molecule has 3 heterocycles. The van der Waals surface area contributed by atoms with Gasteiger partial charge in [0.2, 0.25) is 0 Å². The number of nitrogens with two attached hydrogens (primary N) is 1. The van der Waals surface area contributed by atoms with Gasteiger partial charge in [-0.25, -0.2) is 9.97 Å². The van der Waals surface area contributed by atoms with Crippen LogP contribution in [0.15, 0.2) is 267 Å². The van der Waals surface area contributed by atoms with E-state index in [0.717, 1.165) is 92.3 Å². The van der Waals surface area contributed by atoms with Crippen molar-refractivity contribution in [1.82, 2.24) is 14.5 Å². The van der Waals surface area contributed by atoms with Gasteiger partial charge in [-0.2, -0.15) is 0 Å². The number of hydrogen-bond donors (Lipinski definition) is 3. The smallest absolute Gasteiger partial charge is 0.161 e. The molecule has 136 heavy (non-hydrogen) atoms. The van der Waals surface area contributed by atoms with Crippen molar-refractivity contribution in [2.45, 2.75) is 225 Å². The molecular formula is C114H160Cl12N4O6. The molecule has 0 saturated carbocycles. The average Bonchev–Trinajstić information content (AvgIpc) is 1.62. The number of methoxy groups -OCH3 is 3. The molecule has 1 aliphatic rings. The molecule has 2 aromatic heterocycles. The van der Waals surface area contributed by atoms with Gasteiger partial charge in [0, 0.05) is 52.8 Å². The monoisotopic (exact) mass is 2100 g/mol. The second-order valence-electron chi connectivity index (χ2n) is 28.8. The molecule has 0 bridgehead atoms. The van der Waals surface area contributed by atoms with Crippen LogP contribution in [0.25, 0.3) is 11.0 Å². The SMILES string of the molecule is C.C.C.C.C.C.C.C.C.C.C.C.COc1cc(C)ccc1Cl.COc1ccc(C)cc1.COc1ccc(C)cc1Cl.Cc1cc(Cl)cc(Cl)c1.Cc1ccc(C)c(Cl)c1.Cc1ccc(C)cc1.Cc1ccc(Cl)c(C)c1.Cc1ccc(Cl)c(Cl)c1.Cc1ccc(Cl)cc1.Cc1ccc(Cl)cc1Cl.Cc1cccc(Cl)c1.Cc1ccccc1.Cc1cn([C@@H]2O[C@H](CO)C[C@H]2O)c2ncnc(N)c12. The lowest BCUT2D eigenvalue weighted by Crippen LogP contribution is -2.19. The molecule has 1 fully saturated rings. The fraction of sp³-hybridized carbons (Fsp3) is 0.316. The Morgan fingerprint density at radius 2 is 0.691 bits per heavy atom. The third kappa shape index (κ3) is 60.6. The number of aliphatic hydroxyl groups is 2. The van der Waals surface area contributed by atoms with Gasteiger partial charge in [-0.1, -0.05) is 401 Å². The van der Waals surface area contributed by atoms with Gasteiger partial charge in [0.15, 0.2) is 6.23 Å². The Labute approximate surface area is 884 Å². The lowest BCUT2D eigenvalue weighted by molar-refractivity contribution is -0.0484. The van der Waals surface area contributed by atoms with Crippen LogP contribution in [0, 0.1) is 111 Å². The van der Waals surface area contributed by atoms with E-state index >= 15 is 0 Å². The van der Waals surface area contributed by atoms with E-state index in [0.29, 0.717) is 53.0 Å². The predicted molar refractivity (Wildman–Crippen MR) is 617 cm³/mol. The van der Waals surface area contributed by atoms with Crippen LogP contribution in [0.5, 0.6) is 17.2 Å². The number of benzene rings is 12. The molecule has 22 heteroatoms. The Morgan fingerprint density at radius 3 is 1.05 bits per heavy atom. The summed E-state index contributed by atoms with van der Waals surface area (Å²) in [7, 11) is 4.89. The van der Waals surface area contributed by atoms with Crippen molar-refractivity contribution in [2.24, 2.45) is 0 Å². The Bertz CT molecular complexity index is 5100. The Balaban J connectivity index is -0.000000158. The van der Waals surface area contributed by atoms with Gasteiger partial charge >= 0.3 is 0 Å². The Morgan fingerprint density at radius 1 is 0.316 bits per heavy atom. The number of aromatic nitrogens is 3. The van der Waals surface area contributed by atoms with Crippen molar-refractivity contribution < 1.29 is 29.2 Å². The Hall–Kier alpha value is -8.18. The van der Waals surface area contributed by atoms with Crippen molar-refractivity contribution in [3.63, 3.8) is 0 Å². The zero-order chi connectivity index (χ0) is 92.7. The highest BCUT2D eigenvalue weighted by Gasteiger charge is 2.36. The fourth-order valence-electron chi connectivity index (χ4n) is 10.5. The van der Waals surface area contributed by atoms with E-state index in [-0.39, 0.29) is 102 Å². The van der Waals surface area contributed by atoms with Crippen LogP contribution < -0.4 is 19.9 Å². The number of fused-ring (bicyclic) bond motifs is 1. The number of aryl methyl sites for hydroxylation is 16. The van der Waals surface area contributed by atoms with Gasteiger partial charge in [0.1, 0.15) is 41.1 Å². The number of ether oxygens (including phenoxy) is 4. The average molecular weight is 2110 g/mol. The summed E-state index contributed by atoms with van der Waals surface area (Å²) < 4.78 is 22.3. The molecule has 0 aliphatic carbocycles. The van der Waals surface area contributed by atoms with E-state index in [1.165, 1.54) is 50.8 Å². The van der Waals surface area contributed by atoms with Crippen molar-refractivity contribution in [3.8, 4) is 17.2 Å². The normalized spacial score (nSPS) is 11.1. The molecule has 12 aromatic carbocycles. The highest BCUT2D eigenvalue weighted by molar-refractivity contribution is 6.42. The van der Waals surface area contributed by atoms with Crippen molar-refractivity contribution >= 4 is 156 Å². The summed E-state index contributed by atoms with van der Waals surface area (Å²) >= 11 is 68.5. The van der Waals surface area contributed by atoms with Crippen LogP contribution in [0.3, 0.4) is 0 Å². The van der Waals surface area contributed by atoms with Gasteiger partial charge in [0.05, 0.1) is 59.5 Å². The first-order valence-electron chi connectivity index (χ1n) is 39.1. The molecule has 4 N–H and O–H groups in total. The topological polar surface area (TPSA) is 134 Å².